The Balaban J connectivity index is 1.58. The predicted octanol–water partition coefficient (Wildman–Crippen LogP) is 4.09. The fourth-order valence-electron chi connectivity index (χ4n) is 2.21. The molecule has 5 nitrogen and oxygen atoms in total. The van der Waals surface area contributed by atoms with Crippen molar-refractivity contribution in [3.05, 3.63) is 70.0 Å². The highest BCUT2D eigenvalue weighted by Crippen LogP contribution is 2.20. The van der Waals surface area contributed by atoms with E-state index < -0.39 is 0 Å². The first-order valence-electron chi connectivity index (χ1n) is 7.40. The summed E-state index contributed by atoms with van der Waals surface area (Å²) < 4.78 is 11.3. The van der Waals surface area contributed by atoms with Gasteiger partial charge >= 0.3 is 5.97 Å². The van der Waals surface area contributed by atoms with Crippen molar-refractivity contribution in [1.82, 2.24) is 10.1 Å². The molecule has 3 rings (SSSR count). The molecule has 0 aliphatic carbocycles. The molecule has 0 atom stereocenters. The van der Waals surface area contributed by atoms with Crippen molar-refractivity contribution in [3.8, 4) is 11.4 Å². The highest BCUT2D eigenvalue weighted by molar-refractivity contribution is 9.10. The van der Waals surface area contributed by atoms with E-state index in [2.05, 4.69) is 26.1 Å². The molecule has 0 unspecified atom stereocenters. The third kappa shape index (κ3) is 4.08. The molecule has 0 saturated carbocycles. The molecule has 6 heteroatoms. The molecule has 0 N–H and O–H groups in total. The lowest BCUT2D eigenvalue weighted by molar-refractivity contribution is -0.144. The number of ether oxygens (including phenoxy) is 1. The van der Waals surface area contributed by atoms with Gasteiger partial charge in [0.25, 0.3) is 5.89 Å². The summed E-state index contributed by atoms with van der Waals surface area (Å²) in [6.45, 7) is 1.94. The Labute approximate surface area is 147 Å². The molecule has 24 heavy (non-hydrogen) atoms. The topological polar surface area (TPSA) is 65.2 Å². The van der Waals surface area contributed by atoms with Crippen LogP contribution in [0, 0.1) is 6.92 Å². The maximum atomic E-state index is 11.9. The summed E-state index contributed by atoms with van der Waals surface area (Å²) in [7, 11) is 0. The van der Waals surface area contributed by atoms with Gasteiger partial charge in [-0.25, -0.2) is 0 Å². The molecule has 0 amide bonds. The normalized spacial score (nSPS) is 10.6. The van der Waals surface area contributed by atoms with E-state index in [4.69, 9.17) is 9.26 Å². The van der Waals surface area contributed by atoms with E-state index in [9.17, 15) is 4.79 Å². The van der Waals surface area contributed by atoms with Crippen LogP contribution >= 0.6 is 15.9 Å². The van der Waals surface area contributed by atoms with Crippen molar-refractivity contribution in [2.45, 2.75) is 20.0 Å². The van der Waals surface area contributed by atoms with Crippen LogP contribution in [0.25, 0.3) is 11.4 Å². The average molecular weight is 387 g/mol. The summed E-state index contributed by atoms with van der Waals surface area (Å²) in [6, 6.07) is 15.3. The van der Waals surface area contributed by atoms with Crippen LogP contribution in [0.15, 0.2) is 57.5 Å². The largest absolute Gasteiger partial charge is 0.455 e. The number of aryl methyl sites for hydroxylation is 1. The molecule has 2 aromatic carbocycles. The molecular weight excluding hydrogens is 372 g/mol. The molecule has 1 heterocycles. The number of hydrogen-bond donors (Lipinski definition) is 0. The Bertz CT molecular complexity index is 843. The Morgan fingerprint density at radius 1 is 1.17 bits per heavy atom. The van der Waals surface area contributed by atoms with Crippen molar-refractivity contribution in [3.63, 3.8) is 0 Å². The van der Waals surface area contributed by atoms with E-state index in [-0.39, 0.29) is 24.9 Å². The predicted molar refractivity (Wildman–Crippen MR) is 92.1 cm³/mol. The number of halogens is 1. The number of hydrogen-bond acceptors (Lipinski definition) is 5. The monoisotopic (exact) mass is 386 g/mol. The number of carbonyl (C=O) groups is 1. The highest BCUT2D eigenvalue weighted by atomic mass is 79.9. The van der Waals surface area contributed by atoms with Gasteiger partial charge in [-0.15, -0.1) is 0 Å². The highest BCUT2D eigenvalue weighted by Gasteiger charge is 2.12. The van der Waals surface area contributed by atoms with Gasteiger partial charge in [-0.1, -0.05) is 57.5 Å². The molecule has 0 aliphatic heterocycles. The van der Waals surface area contributed by atoms with Crippen LogP contribution in [0.5, 0.6) is 0 Å². The molecule has 0 bridgehead atoms. The van der Waals surface area contributed by atoms with Gasteiger partial charge < -0.3 is 9.26 Å². The molecule has 0 spiro atoms. The lowest BCUT2D eigenvalue weighted by Crippen LogP contribution is -2.08. The summed E-state index contributed by atoms with van der Waals surface area (Å²) in [5.74, 6) is 0.428. The number of esters is 1. The Hall–Kier alpha value is -2.47. The van der Waals surface area contributed by atoms with Crippen LogP contribution in [-0.4, -0.2) is 16.1 Å². The molecule has 1 aromatic heterocycles. The Morgan fingerprint density at radius 2 is 1.92 bits per heavy atom. The number of benzene rings is 2. The van der Waals surface area contributed by atoms with Crippen LogP contribution < -0.4 is 0 Å². The van der Waals surface area contributed by atoms with Gasteiger partial charge in [0.15, 0.2) is 6.61 Å². The zero-order chi connectivity index (χ0) is 16.9. The van der Waals surface area contributed by atoms with E-state index in [0.29, 0.717) is 5.82 Å². The van der Waals surface area contributed by atoms with E-state index in [1.165, 1.54) is 0 Å². The maximum absolute atomic E-state index is 11.9. The number of rotatable bonds is 5. The van der Waals surface area contributed by atoms with Crippen LogP contribution in [-0.2, 0) is 22.6 Å². The van der Waals surface area contributed by atoms with Crippen LogP contribution in [0.1, 0.15) is 17.0 Å². The maximum Gasteiger partial charge on any atom is 0.310 e. The smallest absolute Gasteiger partial charge is 0.310 e. The first kappa shape index (κ1) is 16.4. The first-order chi connectivity index (χ1) is 11.6. The van der Waals surface area contributed by atoms with Gasteiger partial charge in [-0.3, -0.25) is 4.79 Å². The third-order valence-corrected chi connectivity index (χ3v) is 4.00. The number of carbonyl (C=O) groups excluding carboxylic acids is 1. The fraction of sp³-hybridized carbons (Fsp3) is 0.167. The zero-order valence-electron chi connectivity index (χ0n) is 13.0. The second kappa shape index (κ2) is 7.40. The third-order valence-electron chi connectivity index (χ3n) is 3.47. The van der Waals surface area contributed by atoms with Crippen molar-refractivity contribution in [2.24, 2.45) is 0 Å². The molecule has 0 radical (unpaired) electrons. The number of aromatic nitrogens is 2. The van der Waals surface area contributed by atoms with Gasteiger partial charge in [0.05, 0.1) is 6.42 Å². The average Bonchev–Trinajstić information content (AvgIpc) is 3.04. The molecule has 122 valence electrons. The first-order valence-corrected chi connectivity index (χ1v) is 8.20. The van der Waals surface area contributed by atoms with Crippen LogP contribution in [0.3, 0.4) is 0 Å². The van der Waals surface area contributed by atoms with Crippen LogP contribution in [0.2, 0.25) is 0 Å². The SMILES string of the molecule is Cc1ccccc1-c1noc(COC(=O)Cc2ccc(Br)cc2)n1. The molecule has 3 aromatic rings. The van der Waals surface area contributed by atoms with Gasteiger partial charge in [-0.05, 0) is 30.2 Å². The van der Waals surface area contributed by atoms with Crippen LogP contribution in [0.4, 0.5) is 0 Å². The lowest BCUT2D eigenvalue weighted by Gasteiger charge is -2.02. The van der Waals surface area contributed by atoms with E-state index in [1.807, 2.05) is 55.5 Å². The van der Waals surface area contributed by atoms with Crippen molar-refractivity contribution < 1.29 is 14.1 Å². The molecule has 0 aliphatic rings. The van der Waals surface area contributed by atoms with Gasteiger partial charge in [-0.2, -0.15) is 4.98 Å². The van der Waals surface area contributed by atoms with Gasteiger partial charge in [0.2, 0.25) is 5.82 Å². The fourth-order valence-corrected chi connectivity index (χ4v) is 2.47. The summed E-state index contributed by atoms with van der Waals surface area (Å²) in [6.07, 6.45) is 0.200. The number of nitrogens with zero attached hydrogens (tertiary/aromatic N) is 2. The Kier molecular flexibility index (Phi) is 5.05. The minimum absolute atomic E-state index is 0.0335. The van der Waals surface area contributed by atoms with Gasteiger partial charge in [0.1, 0.15) is 0 Å². The van der Waals surface area contributed by atoms with Crippen molar-refractivity contribution >= 4 is 21.9 Å². The second-order valence-corrected chi connectivity index (χ2v) is 6.21. The van der Waals surface area contributed by atoms with Crippen molar-refractivity contribution in [2.75, 3.05) is 0 Å². The molecular formula is C18H15BrN2O3. The minimum atomic E-state index is -0.340. The van der Waals surface area contributed by atoms with E-state index in [0.717, 1.165) is 21.2 Å². The quantitative estimate of drug-likeness (QED) is 0.617. The molecule has 0 saturated heterocycles. The van der Waals surface area contributed by atoms with Crippen molar-refractivity contribution in [1.29, 1.82) is 0 Å². The lowest BCUT2D eigenvalue weighted by atomic mass is 10.1. The van der Waals surface area contributed by atoms with Gasteiger partial charge in [0, 0.05) is 10.0 Å². The molecule has 0 fully saturated rings. The van der Waals surface area contributed by atoms with E-state index >= 15 is 0 Å². The van der Waals surface area contributed by atoms with E-state index in [1.54, 1.807) is 0 Å². The summed E-state index contributed by atoms with van der Waals surface area (Å²) in [4.78, 5) is 16.1. The minimum Gasteiger partial charge on any atom is -0.455 e. The summed E-state index contributed by atoms with van der Waals surface area (Å²) >= 11 is 3.36. The zero-order valence-corrected chi connectivity index (χ0v) is 14.6. The summed E-state index contributed by atoms with van der Waals surface area (Å²) in [5.41, 5.74) is 2.83. The standard InChI is InChI=1S/C18H15BrN2O3/c1-12-4-2-3-5-15(12)18-20-16(24-21-18)11-23-17(22)10-13-6-8-14(19)9-7-13/h2-9H,10-11H2,1H3. The second-order valence-electron chi connectivity index (χ2n) is 5.29. The summed E-state index contributed by atoms with van der Waals surface area (Å²) in [5, 5.41) is 3.94. The Morgan fingerprint density at radius 3 is 2.67 bits per heavy atom.